The molecule has 4 aliphatic heterocycles. The third-order valence-electron chi connectivity index (χ3n) is 20.8. The summed E-state index contributed by atoms with van der Waals surface area (Å²) in [5.41, 5.74) is 7.48. The van der Waals surface area contributed by atoms with Crippen LogP contribution in [0.15, 0.2) is 318 Å². The van der Waals surface area contributed by atoms with Gasteiger partial charge in [-0.3, -0.25) is 0 Å². The van der Waals surface area contributed by atoms with Gasteiger partial charge in [0.25, 0.3) is 0 Å². The molecule has 0 saturated carbocycles. The number of oxime groups is 4. The van der Waals surface area contributed by atoms with E-state index in [9.17, 15) is 69.6 Å². The van der Waals surface area contributed by atoms with Crippen LogP contribution in [0, 0.1) is 0 Å². The Kier molecular flexibility index (Phi) is 40.9. The van der Waals surface area contributed by atoms with Gasteiger partial charge in [-0.1, -0.05) is 245 Å². The van der Waals surface area contributed by atoms with Gasteiger partial charge in [-0.25, -0.2) is 28.8 Å². The summed E-state index contributed by atoms with van der Waals surface area (Å²) in [5.74, 6) is -6.22. The number of carbonyl (C=O) groups excluding carboxylic acids is 6. The Labute approximate surface area is 783 Å². The van der Waals surface area contributed by atoms with Gasteiger partial charge in [0.2, 0.25) is 13.2 Å². The molecule has 28 heteroatoms. The summed E-state index contributed by atoms with van der Waals surface area (Å²) in [6, 6.07) is 57.4. The molecule has 0 bridgehead atoms. The Hall–Kier alpha value is -16.0. The molecule has 28 nitrogen and oxygen atoms in total. The Morgan fingerprint density at radius 1 is 0.311 bits per heavy atom. The monoisotopic (exact) mass is 1830 g/mol. The molecule has 0 radical (unpaired) electrons. The fourth-order valence-corrected chi connectivity index (χ4v) is 14.2. The minimum absolute atomic E-state index is 0.000991. The summed E-state index contributed by atoms with van der Waals surface area (Å²) in [4.78, 5) is 96.5. The van der Waals surface area contributed by atoms with E-state index in [4.69, 9.17) is 38.3 Å². The van der Waals surface area contributed by atoms with Crippen LogP contribution in [0.5, 0.6) is 46.0 Å². The fourth-order valence-electron chi connectivity index (χ4n) is 14.2. The first kappa shape index (κ1) is 101. The van der Waals surface area contributed by atoms with Crippen LogP contribution in [0.3, 0.4) is 0 Å². The SMILES string of the molecule is CCON=C1/C=C/CC/C=C/CC(c2ccccc2)OC(=O)c2c(O)cc(O)cc2C1.COC(=O)CON=C1/C=C/CC/C=C/CC(c2ccccc2)OC(=O)c2c(O)cc(O)cc2C1.COC(=O)CON=C1/C=C/CC/C=C/C[C@@H](c2ccccc2)OC(=O)c2c(O)cc(O)cc2C1.O=C1O[C@@H](c2ccccc2)C/C=C/CC/C=C/C(=NOCc2ccccc2)Cc2cc(O)cc(O)c21. The van der Waals surface area contributed by atoms with Gasteiger partial charge < -0.3 is 88.6 Å². The standard InChI is InChI=1S/C30H29NO5.2C26H27NO7.C25H27NO5/c32-26-19-24-18-25(31-35-21-22-12-6-4-7-13-22)16-10-2-1-3-11-17-28(23-14-8-5-9-15-23)36-30(34)29(24)27(33)20-26;2*1-32-24(30)17-33-27-20-12-8-3-2-4-9-13-23(18-10-6-5-7-11-18)34-26(31)25-19(14-20)15-21(28)16-22(25)29;1-2-30-26-20-13-9-4-3-5-10-14-23(18-11-7-6-8-12-18)31-25(29)24-19(15-20)16-21(27)17-22(24)28/h3-16,19-20,28,32-33H,1-2,17-18,21H2;2*4-12,15-16,23,28-29H,2-3,13-14,17H2,1H3;5-13,16-17,23,27-28H,2-4,14-15H2,1H3/b11-3+,16-10+,31-25?;2*9-4+,12-8+,27-20?;10-5+,13-9+,26-20?/t28-;23-;;/m10../s1. The van der Waals surface area contributed by atoms with Crippen LogP contribution in [0.25, 0.3) is 0 Å². The van der Waals surface area contributed by atoms with E-state index in [1.165, 1.54) is 38.5 Å². The maximum Gasteiger partial charge on any atom is 0.346 e. The fraction of sp³-hybridized carbons (Fsp3) is 0.252. The number of nitrogens with zero attached hydrogens (tertiary/aromatic N) is 4. The number of hydrogen-bond donors (Lipinski definition) is 8. The van der Waals surface area contributed by atoms with Gasteiger partial charge in [0.15, 0.2) is 0 Å². The smallest absolute Gasteiger partial charge is 0.346 e. The second kappa shape index (κ2) is 54.6. The highest BCUT2D eigenvalue weighted by molar-refractivity contribution is 6.04. The molecule has 0 amide bonds. The van der Waals surface area contributed by atoms with Gasteiger partial charge in [-0.05, 0) is 157 Å². The topological polar surface area (TPSA) is 406 Å². The van der Waals surface area contributed by atoms with Gasteiger partial charge in [-0.15, -0.1) is 0 Å². The van der Waals surface area contributed by atoms with Crippen LogP contribution < -0.4 is 0 Å². The molecule has 4 atom stereocenters. The number of benzene rings is 9. The molecule has 9 aromatic carbocycles. The molecule has 4 heterocycles. The lowest BCUT2D eigenvalue weighted by molar-refractivity contribution is -0.146. The van der Waals surface area contributed by atoms with E-state index in [1.54, 1.807) is 12.2 Å². The van der Waals surface area contributed by atoms with Crippen molar-refractivity contribution in [2.75, 3.05) is 34.0 Å². The number of esters is 6. The molecule has 135 heavy (non-hydrogen) atoms. The number of phenolic OH excluding ortho intramolecular Hbond substituents is 8. The van der Waals surface area contributed by atoms with Crippen molar-refractivity contribution in [1.29, 1.82) is 0 Å². The molecule has 0 spiro atoms. The summed E-state index contributed by atoms with van der Waals surface area (Å²) in [7, 11) is 2.48. The Morgan fingerprint density at radius 2 is 0.548 bits per heavy atom. The van der Waals surface area contributed by atoms with Crippen molar-refractivity contribution in [3.05, 3.63) is 370 Å². The Morgan fingerprint density at radius 3 is 0.800 bits per heavy atom. The molecule has 13 rings (SSSR count). The molecule has 0 saturated heterocycles. The zero-order valence-corrected chi connectivity index (χ0v) is 75.1. The molecule has 9 aromatic rings. The van der Waals surface area contributed by atoms with Crippen molar-refractivity contribution in [2.45, 2.75) is 141 Å². The number of methoxy groups -OCH3 is 2. The van der Waals surface area contributed by atoms with Gasteiger partial charge in [0.05, 0.1) is 37.1 Å². The van der Waals surface area contributed by atoms with E-state index in [0.717, 1.165) is 103 Å². The van der Waals surface area contributed by atoms with Crippen LogP contribution in [-0.2, 0) is 89.7 Å². The van der Waals surface area contributed by atoms with Gasteiger partial charge in [0.1, 0.15) is 106 Å². The van der Waals surface area contributed by atoms with Crippen LogP contribution in [0.1, 0.15) is 200 Å². The number of carbonyl (C=O) groups is 6. The third kappa shape index (κ3) is 33.4. The molecular formula is C107H110N4O24. The minimum atomic E-state index is -0.731. The molecule has 4 aliphatic rings. The first-order chi connectivity index (χ1) is 65.6. The lowest BCUT2D eigenvalue weighted by Gasteiger charge is -2.19. The maximum atomic E-state index is 13.3. The van der Waals surface area contributed by atoms with Crippen LogP contribution in [0.2, 0.25) is 0 Å². The third-order valence-corrected chi connectivity index (χ3v) is 20.8. The summed E-state index contributed by atoms with van der Waals surface area (Å²) < 4.78 is 32.4. The van der Waals surface area contributed by atoms with E-state index in [-0.39, 0.29) is 95.6 Å². The number of ether oxygens (including phenoxy) is 6. The predicted molar refractivity (Wildman–Crippen MR) is 509 cm³/mol. The van der Waals surface area contributed by atoms with Crippen molar-refractivity contribution in [3.63, 3.8) is 0 Å². The average molecular weight is 1840 g/mol. The highest BCUT2D eigenvalue weighted by atomic mass is 16.7. The molecule has 2 unspecified atom stereocenters. The lowest BCUT2D eigenvalue weighted by atomic mass is 9.99. The lowest BCUT2D eigenvalue weighted by Crippen LogP contribution is -2.15. The number of hydrogen-bond acceptors (Lipinski definition) is 28. The average Bonchev–Trinajstić information content (AvgIpc) is 0.820. The minimum Gasteiger partial charge on any atom is -0.508 e. The first-order valence-corrected chi connectivity index (χ1v) is 44.1. The second-order valence-electron chi connectivity index (χ2n) is 30.9. The quantitative estimate of drug-likeness (QED) is 0.0204. The Bertz CT molecular complexity index is 5650. The van der Waals surface area contributed by atoms with E-state index >= 15 is 0 Å². The Balaban J connectivity index is 0.000000186. The largest absolute Gasteiger partial charge is 0.508 e. The molecule has 702 valence electrons. The predicted octanol–water partition coefficient (Wildman–Crippen LogP) is 20.4. The summed E-state index contributed by atoms with van der Waals surface area (Å²) >= 11 is 0. The van der Waals surface area contributed by atoms with Crippen LogP contribution >= 0.6 is 0 Å². The number of fused-ring (bicyclic) bond motifs is 4. The van der Waals surface area contributed by atoms with Crippen molar-refractivity contribution >= 4 is 58.7 Å². The molecule has 0 aromatic heterocycles. The van der Waals surface area contributed by atoms with Gasteiger partial charge in [0, 0.05) is 75.6 Å². The van der Waals surface area contributed by atoms with E-state index < -0.39 is 71.7 Å². The number of phenols is 8. The van der Waals surface area contributed by atoms with Gasteiger partial charge >= 0.3 is 35.8 Å². The maximum absolute atomic E-state index is 13.3. The second-order valence-corrected chi connectivity index (χ2v) is 30.9. The number of aromatic hydroxyl groups is 8. The van der Waals surface area contributed by atoms with E-state index in [0.29, 0.717) is 84.0 Å². The van der Waals surface area contributed by atoms with Crippen molar-refractivity contribution in [3.8, 4) is 46.0 Å². The molecule has 0 fully saturated rings. The van der Waals surface area contributed by atoms with Crippen LogP contribution in [0.4, 0.5) is 0 Å². The normalized spacial score (nSPS) is 20.0. The highest BCUT2D eigenvalue weighted by Gasteiger charge is 2.30. The first-order valence-electron chi connectivity index (χ1n) is 44.1. The summed E-state index contributed by atoms with van der Waals surface area (Å²) in [5, 5.41) is 98.7. The molecular weight excluding hydrogens is 1730 g/mol. The molecule has 8 N–H and O–H groups in total. The zero-order chi connectivity index (χ0) is 95.9. The zero-order valence-electron chi connectivity index (χ0n) is 75.1. The number of cyclic esters (lactones) is 4. The number of rotatable bonds is 15. The van der Waals surface area contributed by atoms with Crippen molar-refractivity contribution < 1.29 is 117 Å². The number of allylic oxidation sites excluding steroid dienone is 12. The summed E-state index contributed by atoms with van der Waals surface area (Å²) in [6.45, 7) is 1.76. The van der Waals surface area contributed by atoms with Crippen molar-refractivity contribution in [2.24, 2.45) is 20.6 Å². The van der Waals surface area contributed by atoms with Gasteiger partial charge in [-0.2, -0.15) is 0 Å². The molecule has 0 aliphatic carbocycles. The highest BCUT2D eigenvalue weighted by Crippen LogP contribution is 2.38. The van der Waals surface area contributed by atoms with Crippen molar-refractivity contribution in [1.82, 2.24) is 0 Å². The van der Waals surface area contributed by atoms with Crippen LogP contribution in [-0.4, -0.2) is 134 Å². The summed E-state index contributed by atoms with van der Waals surface area (Å²) in [6.07, 6.45) is 37.4. The van der Waals surface area contributed by atoms with E-state index in [2.05, 4.69) is 42.2 Å². The van der Waals surface area contributed by atoms with E-state index in [1.807, 2.05) is 231 Å².